The maximum Gasteiger partial charge on any atom is 0.220 e. The van der Waals surface area contributed by atoms with Gasteiger partial charge in [-0.1, -0.05) is 41.9 Å². The second-order valence-electron chi connectivity index (χ2n) is 12.3. The van der Waals surface area contributed by atoms with Crippen LogP contribution >= 0.6 is 11.6 Å². The Balaban J connectivity index is 1.33. The smallest absolute Gasteiger partial charge is 0.220 e. The van der Waals surface area contributed by atoms with Crippen LogP contribution in [0.2, 0.25) is 5.02 Å². The van der Waals surface area contributed by atoms with Crippen molar-refractivity contribution in [3.8, 4) is 28.4 Å². The Morgan fingerprint density at radius 1 is 1.02 bits per heavy atom. The first-order valence-electron chi connectivity index (χ1n) is 15.4. The number of hydrogen-bond donors (Lipinski definition) is 3. The molecule has 1 aliphatic carbocycles. The number of nitrogens with one attached hydrogen (secondary N) is 2. The number of benzene rings is 3. The summed E-state index contributed by atoms with van der Waals surface area (Å²) >= 11 is 6.80. The molecular formula is C35H44ClN3O4. The van der Waals surface area contributed by atoms with Gasteiger partial charge in [0.1, 0.15) is 23.4 Å². The van der Waals surface area contributed by atoms with Crippen LogP contribution in [-0.4, -0.2) is 37.2 Å². The predicted molar refractivity (Wildman–Crippen MR) is 172 cm³/mol. The fourth-order valence-electron chi connectivity index (χ4n) is 5.89. The molecule has 2 atom stereocenters. The largest absolute Gasteiger partial charge is 0.493 e. The molecular weight excluding hydrogens is 562 g/mol. The Hall–Kier alpha value is -3.26. The van der Waals surface area contributed by atoms with Crippen molar-refractivity contribution in [1.29, 1.82) is 0 Å². The molecule has 3 aromatic rings. The summed E-state index contributed by atoms with van der Waals surface area (Å²) in [6.45, 7) is 10.5. The molecule has 1 heterocycles. The van der Waals surface area contributed by atoms with Gasteiger partial charge in [0.25, 0.3) is 0 Å². The van der Waals surface area contributed by atoms with Crippen LogP contribution in [0.1, 0.15) is 74.8 Å². The zero-order valence-electron chi connectivity index (χ0n) is 25.7. The van der Waals surface area contributed by atoms with E-state index in [0.29, 0.717) is 43.5 Å². The SMILES string of the molecule is CCOc1cc(O[C@H]2CCc3c(-c4cccc(OCCC(C)(C)N)c4C)cccc32)c(Cl)cc1CN[C@H]1CCC(=O)NC1. The molecule has 0 saturated carbocycles. The van der Waals surface area contributed by atoms with E-state index in [1.165, 1.54) is 22.3 Å². The maximum atomic E-state index is 11.5. The topological polar surface area (TPSA) is 94.8 Å². The molecule has 0 spiro atoms. The number of rotatable bonds is 12. The van der Waals surface area contributed by atoms with Crippen molar-refractivity contribution in [2.75, 3.05) is 19.8 Å². The second-order valence-corrected chi connectivity index (χ2v) is 12.7. The van der Waals surface area contributed by atoms with Gasteiger partial charge < -0.3 is 30.6 Å². The number of nitrogens with two attached hydrogens (primary N) is 1. The molecule has 2 aliphatic rings. The molecule has 1 amide bonds. The lowest BCUT2D eigenvalue weighted by Crippen LogP contribution is -2.45. The van der Waals surface area contributed by atoms with Crippen molar-refractivity contribution in [3.63, 3.8) is 0 Å². The van der Waals surface area contributed by atoms with Crippen LogP contribution in [0.3, 0.4) is 0 Å². The highest BCUT2D eigenvalue weighted by Gasteiger charge is 2.28. The first-order chi connectivity index (χ1) is 20.6. The lowest BCUT2D eigenvalue weighted by Gasteiger charge is -2.24. The first-order valence-corrected chi connectivity index (χ1v) is 15.8. The van der Waals surface area contributed by atoms with Gasteiger partial charge in [-0.15, -0.1) is 0 Å². The molecule has 4 N–H and O–H groups in total. The number of piperidine rings is 1. The minimum Gasteiger partial charge on any atom is -0.493 e. The summed E-state index contributed by atoms with van der Waals surface area (Å²) in [4.78, 5) is 11.5. The van der Waals surface area contributed by atoms with E-state index in [-0.39, 0.29) is 23.6 Å². The molecule has 5 rings (SSSR count). The first kappa shape index (κ1) is 31.2. The number of ether oxygens (including phenoxy) is 3. The Morgan fingerprint density at radius 3 is 2.56 bits per heavy atom. The standard InChI is InChI=1S/C35H44ClN3O4/c1-5-41-32-19-33(29(36)18-23(32)20-38-24-12-15-34(40)39-21-24)43-31-14-13-27-26(9-6-10-28(27)31)25-8-7-11-30(22(25)2)42-17-16-35(3,4)37/h6-11,18-19,24,31,38H,5,12-17,20-21,37H2,1-4H3,(H,39,40)/t24-,31-/m0/s1. The van der Waals surface area contributed by atoms with Crippen LogP contribution in [0.15, 0.2) is 48.5 Å². The van der Waals surface area contributed by atoms with E-state index in [2.05, 4.69) is 47.9 Å². The summed E-state index contributed by atoms with van der Waals surface area (Å²) in [5, 5.41) is 7.01. The number of amides is 1. The number of halogens is 1. The van der Waals surface area contributed by atoms with Gasteiger partial charge in [0.05, 0.1) is 18.2 Å². The van der Waals surface area contributed by atoms with E-state index in [0.717, 1.165) is 48.3 Å². The van der Waals surface area contributed by atoms with Crippen LogP contribution in [0.4, 0.5) is 0 Å². The third kappa shape index (κ3) is 7.64. The van der Waals surface area contributed by atoms with Crippen molar-refractivity contribution < 1.29 is 19.0 Å². The summed E-state index contributed by atoms with van der Waals surface area (Å²) in [6.07, 6.45) is 3.81. The zero-order valence-corrected chi connectivity index (χ0v) is 26.5. The monoisotopic (exact) mass is 605 g/mol. The molecule has 3 aromatic carbocycles. The van der Waals surface area contributed by atoms with E-state index in [4.69, 9.17) is 31.5 Å². The number of carbonyl (C=O) groups is 1. The average Bonchev–Trinajstić information content (AvgIpc) is 3.38. The lowest BCUT2D eigenvalue weighted by molar-refractivity contribution is -0.122. The molecule has 230 valence electrons. The third-order valence-corrected chi connectivity index (χ3v) is 8.62. The summed E-state index contributed by atoms with van der Waals surface area (Å²) in [5.41, 5.74) is 12.9. The Bertz CT molecular complexity index is 1440. The van der Waals surface area contributed by atoms with Gasteiger partial charge in [-0.25, -0.2) is 0 Å². The molecule has 1 fully saturated rings. The van der Waals surface area contributed by atoms with E-state index in [1.54, 1.807) is 0 Å². The normalized spacial score (nSPS) is 18.2. The number of fused-ring (bicyclic) bond motifs is 1. The molecule has 43 heavy (non-hydrogen) atoms. The van der Waals surface area contributed by atoms with Gasteiger partial charge in [-0.05, 0) is 93.3 Å². The van der Waals surface area contributed by atoms with E-state index < -0.39 is 0 Å². The van der Waals surface area contributed by atoms with Crippen LogP contribution in [0.5, 0.6) is 17.2 Å². The van der Waals surface area contributed by atoms with Crippen molar-refractivity contribution in [2.45, 2.75) is 84.0 Å². The number of carbonyl (C=O) groups excluding carboxylic acids is 1. The molecule has 0 bridgehead atoms. The van der Waals surface area contributed by atoms with Crippen LogP contribution in [0, 0.1) is 6.92 Å². The van der Waals surface area contributed by atoms with E-state index in [9.17, 15) is 4.79 Å². The van der Waals surface area contributed by atoms with Crippen molar-refractivity contribution in [3.05, 3.63) is 75.8 Å². The van der Waals surface area contributed by atoms with Crippen molar-refractivity contribution >= 4 is 17.5 Å². The maximum absolute atomic E-state index is 11.5. The van der Waals surface area contributed by atoms with E-state index in [1.807, 2.05) is 39.0 Å². The van der Waals surface area contributed by atoms with Gasteiger partial charge >= 0.3 is 0 Å². The van der Waals surface area contributed by atoms with Crippen LogP contribution < -0.4 is 30.6 Å². The molecule has 7 nitrogen and oxygen atoms in total. The Kier molecular flexibility index (Phi) is 9.85. The van der Waals surface area contributed by atoms with Gasteiger partial charge in [0.2, 0.25) is 5.91 Å². The molecule has 1 saturated heterocycles. The van der Waals surface area contributed by atoms with Gasteiger partial charge in [0, 0.05) is 42.7 Å². The highest BCUT2D eigenvalue weighted by atomic mass is 35.5. The summed E-state index contributed by atoms with van der Waals surface area (Å²) in [5.74, 6) is 2.38. The highest BCUT2D eigenvalue weighted by molar-refractivity contribution is 6.32. The zero-order chi connectivity index (χ0) is 30.6. The highest BCUT2D eigenvalue weighted by Crippen LogP contribution is 2.44. The minimum absolute atomic E-state index is 0.108. The fraction of sp³-hybridized carbons (Fsp3) is 0.457. The summed E-state index contributed by atoms with van der Waals surface area (Å²) < 4.78 is 18.8. The Morgan fingerprint density at radius 2 is 1.81 bits per heavy atom. The lowest BCUT2D eigenvalue weighted by atomic mass is 9.93. The van der Waals surface area contributed by atoms with Crippen LogP contribution in [-0.2, 0) is 17.8 Å². The molecule has 1 aliphatic heterocycles. The quantitative estimate of drug-likeness (QED) is 0.214. The van der Waals surface area contributed by atoms with Crippen molar-refractivity contribution in [2.24, 2.45) is 5.73 Å². The second kappa shape index (κ2) is 13.6. The summed E-state index contributed by atoms with van der Waals surface area (Å²) in [6, 6.07) is 16.8. The molecule has 0 radical (unpaired) electrons. The Labute approximate surface area is 260 Å². The van der Waals surface area contributed by atoms with Gasteiger partial charge in [-0.3, -0.25) is 4.79 Å². The van der Waals surface area contributed by atoms with E-state index >= 15 is 0 Å². The fourth-order valence-corrected chi connectivity index (χ4v) is 6.12. The van der Waals surface area contributed by atoms with Gasteiger partial charge in [0.15, 0.2) is 0 Å². The minimum atomic E-state index is -0.264. The van der Waals surface area contributed by atoms with Crippen molar-refractivity contribution in [1.82, 2.24) is 10.6 Å². The third-order valence-electron chi connectivity index (χ3n) is 8.32. The molecule has 8 heteroatoms. The molecule has 0 aromatic heterocycles. The van der Waals surface area contributed by atoms with Crippen LogP contribution in [0.25, 0.3) is 11.1 Å². The number of hydrogen-bond acceptors (Lipinski definition) is 6. The summed E-state index contributed by atoms with van der Waals surface area (Å²) in [7, 11) is 0. The molecule has 0 unspecified atom stereocenters. The predicted octanol–water partition coefficient (Wildman–Crippen LogP) is 6.65. The average molecular weight is 606 g/mol. The van der Waals surface area contributed by atoms with Gasteiger partial charge in [-0.2, -0.15) is 0 Å².